The summed E-state index contributed by atoms with van der Waals surface area (Å²) in [5, 5.41) is 16.1. The van der Waals surface area contributed by atoms with Crippen molar-refractivity contribution < 1.29 is 0 Å². The second-order valence-electron chi connectivity index (χ2n) is 4.59. The minimum atomic E-state index is 0.786. The summed E-state index contributed by atoms with van der Waals surface area (Å²) in [6, 6.07) is 1.94. The summed E-state index contributed by atoms with van der Waals surface area (Å²) in [4.78, 5) is 0. The van der Waals surface area contributed by atoms with Crippen molar-refractivity contribution in [2.45, 2.75) is 38.9 Å². The van der Waals surface area contributed by atoms with Crippen LogP contribution in [0.4, 0.5) is 0 Å². The predicted molar refractivity (Wildman–Crippen MR) is 66.9 cm³/mol. The molecule has 0 spiro atoms. The molecule has 1 N–H and O–H groups in total. The third kappa shape index (κ3) is 2.43. The van der Waals surface area contributed by atoms with E-state index in [4.69, 9.17) is 0 Å². The molecule has 6 nitrogen and oxygen atoms in total. The predicted octanol–water partition coefficient (Wildman–Crippen LogP) is 0.601. The first-order chi connectivity index (χ1) is 8.93. The molecule has 0 fully saturated rings. The fourth-order valence-corrected chi connectivity index (χ4v) is 2.33. The highest BCUT2D eigenvalue weighted by Crippen LogP contribution is 2.13. The maximum atomic E-state index is 4.26. The highest BCUT2D eigenvalue weighted by atomic mass is 15.3. The van der Waals surface area contributed by atoms with Crippen LogP contribution in [0.15, 0.2) is 18.5 Å². The van der Waals surface area contributed by atoms with Crippen LogP contribution in [0.2, 0.25) is 0 Å². The van der Waals surface area contributed by atoms with Crippen LogP contribution in [0.1, 0.15) is 24.5 Å². The number of fused-ring (bicyclic) bond motifs is 1. The number of aromatic nitrogens is 5. The molecule has 0 radical (unpaired) electrons. The SMILES string of the molecule is c1cnn(CCNCc2nnc3n2CCCC3)c1. The lowest BCUT2D eigenvalue weighted by Crippen LogP contribution is -2.23. The van der Waals surface area contributed by atoms with E-state index in [1.54, 1.807) is 6.20 Å². The van der Waals surface area contributed by atoms with Crippen LogP contribution in [0.3, 0.4) is 0 Å². The van der Waals surface area contributed by atoms with Gasteiger partial charge in [-0.3, -0.25) is 4.68 Å². The van der Waals surface area contributed by atoms with Gasteiger partial charge in [-0.2, -0.15) is 5.10 Å². The van der Waals surface area contributed by atoms with Crippen LogP contribution in [0.25, 0.3) is 0 Å². The summed E-state index contributed by atoms with van der Waals surface area (Å²) in [5.74, 6) is 2.20. The quantitative estimate of drug-likeness (QED) is 0.785. The Morgan fingerprint density at radius 1 is 1.28 bits per heavy atom. The Hall–Kier alpha value is -1.69. The molecule has 0 amide bonds. The highest BCUT2D eigenvalue weighted by Gasteiger charge is 2.14. The molecule has 0 unspecified atom stereocenters. The molecule has 0 aromatic carbocycles. The fraction of sp³-hybridized carbons (Fsp3) is 0.583. The van der Waals surface area contributed by atoms with Crippen LogP contribution in [-0.4, -0.2) is 31.1 Å². The van der Waals surface area contributed by atoms with E-state index < -0.39 is 0 Å². The number of nitrogens with one attached hydrogen (secondary N) is 1. The molecule has 0 aliphatic carbocycles. The van der Waals surface area contributed by atoms with Crippen molar-refractivity contribution in [2.24, 2.45) is 0 Å². The first kappa shape index (κ1) is 11.4. The van der Waals surface area contributed by atoms with Gasteiger partial charge in [0.25, 0.3) is 0 Å². The van der Waals surface area contributed by atoms with Gasteiger partial charge in [-0.15, -0.1) is 10.2 Å². The molecular weight excluding hydrogens is 228 g/mol. The minimum Gasteiger partial charge on any atom is -0.314 e. The normalized spacial score (nSPS) is 14.7. The van der Waals surface area contributed by atoms with Crippen molar-refractivity contribution in [1.29, 1.82) is 0 Å². The van der Waals surface area contributed by atoms with E-state index in [0.717, 1.165) is 44.2 Å². The zero-order valence-corrected chi connectivity index (χ0v) is 10.4. The summed E-state index contributed by atoms with van der Waals surface area (Å²) < 4.78 is 4.18. The second-order valence-corrected chi connectivity index (χ2v) is 4.59. The second kappa shape index (κ2) is 5.30. The van der Waals surface area contributed by atoms with Crippen LogP contribution in [0.5, 0.6) is 0 Å². The van der Waals surface area contributed by atoms with Crippen molar-refractivity contribution in [3.8, 4) is 0 Å². The molecular formula is C12H18N6. The van der Waals surface area contributed by atoms with Gasteiger partial charge in [-0.25, -0.2) is 0 Å². The van der Waals surface area contributed by atoms with Gasteiger partial charge in [0, 0.05) is 31.9 Å². The van der Waals surface area contributed by atoms with Crippen molar-refractivity contribution in [1.82, 2.24) is 29.9 Å². The molecule has 1 aliphatic heterocycles. The van der Waals surface area contributed by atoms with Crippen LogP contribution in [-0.2, 0) is 26.1 Å². The van der Waals surface area contributed by atoms with Gasteiger partial charge in [0.1, 0.15) is 11.6 Å². The third-order valence-corrected chi connectivity index (χ3v) is 3.30. The van der Waals surface area contributed by atoms with Crippen molar-refractivity contribution >= 4 is 0 Å². The lowest BCUT2D eigenvalue weighted by molar-refractivity contribution is 0.489. The average molecular weight is 246 g/mol. The topological polar surface area (TPSA) is 60.6 Å². The van der Waals surface area contributed by atoms with E-state index in [1.807, 2.05) is 16.9 Å². The maximum absolute atomic E-state index is 4.26. The Morgan fingerprint density at radius 2 is 2.28 bits per heavy atom. The Labute approximate surface area is 106 Å². The van der Waals surface area contributed by atoms with Crippen LogP contribution in [0, 0.1) is 0 Å². The molecule has 96 valence electrons. The molecule has 0 bridgehead atoms. The summed E-state index contributed by atoms with van der Waals surface area (Å²) in [6.07, 6.45) is 7.33. The number of hydrogen-bond acceptors (Lipinski definition) is 4. The molecule has 3 rings (SSSR count). The van der Waals surface area contributed by atoms with E-state index in [0.29, 0.717) is 0 Å². The Kier molecular flexibility index (Phi) is 3.36. The van der Waals surface area contributed by atoms with Gasteiger partial charge in [-0.1, -0.05) is 0 Å². The van der Waals surface area contributed by atoms with Gasteiger partial charge < -0.3 is 9.88 Å². The highest BCUT2D eigenvalue weighted by molar-refractivity contribution is 4.98. The van der Waals surface area contributed by atoms with Gasteiger partial charge in [0.05, 0.1) is 13.1 Å². The Balaban J connectivity index is 1.49. The molecule has 18 heavy (non-hydrogen) atoms. The monoisotopic (exact) mass is 246 g/mol. The van der Waals surface area contributed by atoms with E-state index in [1.165, 1.54) is 12.8 Å². The van der Waals surface area contributed by atoms with Gasteiger partial charge >= 0.3 is 0 Å². The van der Waals surface area contributed by atoms with E-state index in [9.17, 15) is 0 Å². The Bertz CT molecular complexity index is 487. The standard InChI is InChI=1S/C12H18N6/c1-2-8-18-11(4-1)15-16-12(18)10-13-6-9-17-7-3-5-14-17/h3,5,7,13H,1-2,4,6,8-10H2. The molecule has 0 saturated heterocycles. The molecule has 0 saturated carbocycles. The first-order valence-corrected chi connectivity index (χ1v) is 6.52. The summed E-state index contributed by atoms with van der Waals surface area (Å²) in [6.45, 7) is 3.63. The molecule has 1 aliphatic rings. The van der Waals surface area contributed by atoms with Crippen molar-refractivity contribution in [2.75, 3.05) is 6.54 Å². The summed E-state index contributed by atoms with van der Waals surface area (Å²) >= 11 is 0. The van der Waals surface area contributed by atoms with E-state index in [-0.39, 0.29) is 0 Å². The maximum Gasteiger partial charge on any atom is 0.147 e. The van der Waals surface area contributed by atoms with E-state index in [2.05, 4.69) is 25.2 Å². The summed E-state index contributed by atoms with van der Waals surface area (Å²) in [5.41, 5.74) is 0. The number of rotatable bonds is 5. The third-order valence-electron chi connectivity index (χ3n) is 3.30. The minimum absolute atomic E-state index is 0.786. The number of nitrogens with zero attached hydrogens (tertiary/aromatic N) is 5. The van der Waals surface area contributed by atoms with Crippen molar-refractivity contribution in [3.63, 3.8) is 0 Å². The van der Waals surface area contributed by atoms with Crippen LogP contribution >= 0.6 is 0 Å². The van der Waals surface area contributed by atoms with Gasteiger partial charge in [0.2, 0.25) is 0 Å². The van der Waals surface area contributed by atoms with Gasteiger partial charge in [-0.05, 0) is 18.9 Å². The molecule has 3 heterocycles. The zero-order valence-electron chi connectivity index (χ0n) is 10.4. The number of aryl methyl sites for hydroxylation is 1. The first-order valence-electron chi connectivity index (χ1n) is 6.52. The van der Waals surface area contributed by atoms with Crippen molar-refractivity contribution in [3.05, 3.63) is 30.1 Å². The lowest BCUT2D eigenvalue weighted by atomic mass is 10.2. The molecule has 2 aromatic rings. The largest absolute Gasteiger partial charge is 0.314 e. The fourth-order valence-electron chi connectivity index (χ4n) is 2.33. The Morgan fingerprint density at radius 3 is 3.17 bits per heavy atom. The lowest BCUT2D eigenvalue weighted by Gasteiger charge is -2.14. The molecule has 0 atom stereocenters. The molecule has 2 aromatic heterocycles. The van der Waals surface area contributed by atoms with Gasteiger partial charge in [0.15, 0.2) is 0 Å². The smallest absolute Gasteiger partial charge is 0.147 e. The number of hydrogen-bond donors (Lipinski definition) is 1. The average Bonchev–Trinajstić information content (AvgIpc) is 3.04. The van der Waals surface area contributed by atoms with Crippen LogP contribution < -0.4 is 5.32 Å². The molecule has 6 heteroatoms. The van der Waals surface area contributed by atoms with E-state index >= 15 is 0 Å². The zero-order chi connectivity index (χ0) is 12.2. The summed E-state index contributed by atoms with van der Waals surface area (Å²) in [7, 11) is 0.